The van der Waals surface area contributed by atoms with Crippen molar-refractivity contribution in [3.63, 3.8) is 0 Å². The van der Waals surface area contributed by atoms with E-state index in [2.05, 4.69) is 21.5 Å². The van der Waals surface area contributed by atoms with Gasteiger partial charge in [-0.25, -0.2) is 4.79 Å². The van der Waals surface area contributed by atoms with Crippen molar-refractivity contribution in [3.8, 4) is 0 Å². The molecule has 16 heavy (non-hydrogen) atoms. The molecule has 0 atom stereocenters. The molecule has 0 fully saturated rings. The summed E-state index contributed by atoms with van der Waals surface area (Å²) in [5.41, 5.74) is 6.38. The fourth-order valence-corrected chi connectivity index (χ4v) is 1.09. The van der Waals surface area contributed by atoms with Gasteiger partial charge in [-0.3, -0.25) is 15.6 Å². The summed E-state index contributed by atoms with van der Waals surface area (Å²) in [5.74, 6) is 0. The van der Waals surface area contributed by atoms with Crippen LogP contribution >= 0.6 is 0 Å². The van der Waals surface area contributed by atoms with Crippen molar-refractivity contribution in [2.75, 3.05) is 17.3 Å². The third-order valence-electron chi connectivity index (χ3n) is 1.76. The monoisotopic (exact) mass is 222 g/mol. The van der Waals surface area contributed by atoms with Gasteiger partial charge in [-0.05, 0) is 31.2 Å². The molecule has 4 N–H and O–H groups in total. The number of rotatable bonds is 5. The third-order valence-corrected chi connectivity index (χ3v) is 1.76. The summed E-state index contributed by atoms with van der Waals surface area (Å²) in [6.07, 6.45) is 0.543. The van der Waals surface area contributed by atoms with Crippen LogP contribution in [0.2, 0.25) is 0 Å². The molecule has 0 aromatic heterocycles. The molecule has 6 heteroatoms. The van der Waals surface area contributed by atoms with E-state index in [9.17, 15) is 9.59 Å². The van der Waals surface area contributed by atoms with E-state index in [-0.39, 0.29) is 6.03 Å². The van der Waals surface area contributed by atoms with Crippen LogP contribution in [0.25, 0.3) is 0 Å². The van der Waals surface area contributed by atoms with Crippen LogP contribution in [-0.4, -0.2) is 19.0 Å². The topological polar surface area (TPSA) is 82.3 Å². The van der Waals surface area contributed by atoms with Crippen LogP contribution in [0.3, 0.4) is 0 Å². The van der Waals surface area contributed by atoms with Crippen LogP contribution in [-0.2, 0) is 4.79 Å². The molecule has 0 saturated carbocycles. The van der Waals surface area contributed by atoms with Gasteiger partial charge in [0, 0.05) is 12.2 Å². The molecule has 0 aliphatic carbocycles. The SMILES string of the molecule is CCNC(=O)Nc1ccc(NNC=O)cc1. The Kier molecular flexibility index (Phi) is 4.65. The van der Waals surface area contributed by atoms with Gasteiger partial charge in [-0.15, -0.1) is 0 Å². The lowest BCUT2D eigenvalue weighted by atomic mass is 10.3. The van der Waals surface area contributed by atoms with Gasteiger partial charge in [0.05, 0.1) is 5.69 Å². The van der Waals surface area contributed by atoms with E-state index in [1.54, 1.807) is 24.3 Å². The molecule has 0 heterocycles. The molecule has 1 aromatic rings. The lowest BCUT2D eigenvalue weighted by molar-refractivity contribution is -0.109. The minimum atomic E-state index is -0.241. The normalized spacial score (nSPS) is 9.06. The average Bonchev–Trinajstić information content (AvgIpc) is 2.28. The molecule has 0 unspecified atom stereocenters. The maximum absolute atomic E-state index is 11.2. The van der Waals surface area contributed by atoms with E-state index in [1.807, 2.05) is 6.92 Å². The number of benzene rings is 1. The van der Waals surface area contributed by atoms with Crippen molar-refractivity contribution in [1.82, 2.24) is 10.7 Å². The minimum Gasteiger partial charge on any atom is -0.338 e. The molecule has 0 saturated heterocycles. The Labute approximate surface area is 93.4 Å². The summed E-state index contributed by atoms with van der Waals surface area (Å²) in [5, 5.41) is 5.28. The maximum atomic E-state index is 11.2. The first-order chi connectivity index (χ1) is 7.76. The van der Waals surface area contributed by atoms with Gasteiger partial charge in [-0.2, -0.15) is 0 Å². The lowest BCUT2D eigenvalue weighted by Crippen LogP contribution is -2.28. The van der Waals surface area contributed by atoms with Gasteiger partial charge in [0.1, 0.15) is 0 Å². The van der Waals surface area contributed by atoms with E-state index in [0.717, 1.165) is 5.69 Å². The molecule has 0 bridgehead atoms. The quantitative estimate of drug-likeness (QED) is 0.441. The smallest absolute Gasteiger partial charge is 0.319 e. The number of hydrogen-bond donors (Lipinski definition) is 4. The predicted octanol–water partition coefficient (Wildman–Crippen LogP) is 0.901. The second-order valence-corrected chi connectivity index (χ2v) is 2.95. The highest BCUT2D eigenvalue weighted by molar-refractivity contribution is 5.89. The number of anilines is 2. The molecule has 1 aromatic carbocycles. The Bertz CT molecular complexity index is 350. The molecule has 0 radical (unpaired) electrons. The number of carbonyl (C=O) groups excluding carboxylic acids is 2. The van der Waals surface area contributed by atoms with E-state index in [1.165, 1.54) is 0 Å². The van der Waals surface area contributed by atoms with E-state index in [0.29, 0.717) is 18.6 Å². The molecule has 0 spiro atoms. The van der Waals surface area contributed by atoms with E-state index >= 15 is 0 Å². The van der Waals surface area contributed by atoms with Crippen LogP contribution in [0.15, 0.2) is 24.3 Å². The van der Waals surface area contributed by atoms with Gasteiger partial charge in [0.2, 0.25) is 6.41 Å². The van der Waals surface area contributed by atoms with Crippen LogP contribution in [0.5, 0.6) is 0 Å². The Morgan fingerprint density at radius 1 is 1.25 bits per heavy atom. The van der Waals surface area contributed by atoms with Crippen molar-refractivity contribution in [3.05, 3.63) is 24.3 Å². The second-order valence-electron chi connectivity index (χ2n) is 2.95. The number of hydrogen-bond acceptors (Lipinski definition) is 3. The van der Waals surface area contributed by atoms with Crippen LogP contribution in [0, 0.1) is 0 Å². The lowest BCUT2D eigenvalue weighted by Gasteiger charge is -2.07. The van der Waals surface area contributed by atoms with Crippen molar-refractivity contribution < 1.29 is 9.59 Å². The molecule has 1 rings (SSSR count). The van der Waals surface area contributed by atoms with Gasteiger partial charge >= 0.3 is 6.03 Å². The summed E-state index contributed by atoms with van der Waals surface area (Å²) in [7, 11) is 0. The van der Waals surface area contributed by atoms with E-state index < -0.39 is 0 Å². The van der Waals surface area contributed by atoms with Crippen LogP contribution in [0.4, 0.5) is 16.2 Å². The fourth-order valence-electron chi connectivity index (χ4n) is 1.09. The molecule has 86 valence electrons. The summed E-state index contributed by atoms with van der Waals surface area (Å²) in [6, 6.07) is 6.68. The molecule has 3 amide bonds. The number of hydrazine groups is 1. The highest BCUT2D eigenvalue weighted by Crippen LogP contribution is 2.12. The molecule has 0 aliphatic heterocycles. The first-order valence-electron chi connectivity index (χ1n) is 4.86. The number of carbonyl (C=O) groups is 2. The van der Waals surface area contributed by atoms with Crippen molar-refractivity contribution in [1.29, 1.82) is 0 Å². The van der Waals surface area contributed by atoms with Crippen molar-refractivity contribution >= 4 is 23.8 Å². The summed E-state index contributed by atoms with van der Waals surface area (Å²) in [6.45, 7) is 2.42. The van der Waals surface area contributed by atoms with Gasteiger partial charge in [0.25, 0.3) is 0 Å². The second kappa shape index (κ2) is 6.28. The standard InChI is InChI=1S/C10H14N4O2/c1-2-11-10(16)13-8-3-5-9(6-4-8)14-12-7-15/h3-7,14H,2H2,1H3,(H,12,15)(H2,11,13,16). The van der Waals surface area contributed by atoms with Gasteiger partial charge in [-0.1, -0.05) is 0 Å². The van der Waals surface area contributed by atoms with Crippen LogP contribution in [0.1, 0.15) is 6.92 Å². The summed E-state index contributed by atoms with van der Waals surface area (Å²) >= 11 is 0. The molecule has 6 nitrogen and oxygen atoms in total. The Balaban J connectivity index is 2.50. The highest BCUT2D eigenvalue weighted by atomic mass is 16.2. The fraction of sp³-hybridized carbons (Fsp3) is 0.200. The van der Waals surface area contributed by atoms with Crippen LogP contribution < -0.4 is 21.5 Å². The Hall–Kier alpha value is -2.24. The zero-order chi connectivity index (χ0) is 11.8. The largest absolute Gasteiger partial charge is 0.338 e. The third kappa shape index (κ3) is 3.87. The highest BCUT2D eigenvalue weighted by Gasteiger charge is 1.98. The number of amides is 3. The number of nitrogens with one attached hydrogen (secondary N) is 4. The first-order valence-corrected chi connectivity index (χ1v) is 4.86. The maximum Gasteiger partial charge on any atom is 0.319 e. The van der Waals surface area contributed by atoms with Crippen molar-refractivity contribution in [2.24, 2.45) is 0 Å². The van der Waals surface area contributed by atoms with E-state index in [4.69, 9.17) is 0 Å². The Morgan fingerprint density at radius 2 is 1.88 bits per heavy atom. The molecular weight excluding hydrogens is 208 g/mol. The molecule has 0 aliphatic rings. The first kappa shape index (κ1) is 11.8. The Morgan fingerprint density at radius 3 is 2.44 bits per heavy atom. The molecular formula is C10H14N4O2. The van der Waals surface area contributed by atoms with Gasteiger partial charge in [0.15, 0.2) is 0 Å². The zero-order valence-corrected chi connectivity index (χ0v) is 8.91. The minimum absolute atomic E-state index is 0.241. The summed E-state index contributed by atoms with van der Waals surface area (Å²) in [4.78, 5) is 21.2. The van der Waals surface area contributed by atoms with Gasteiger partial charge < -0.3 is 10.6 Å². The predicted molar refractivity (Wildman–Crippen MR) is 62.0 cm³/mol. The zero-order valence-electron chi connectivity index (χ0n) is 8.91. The number of urea groups is 1. The van der Waals surface area contributed by atoms with Crippen molar-refractivity contribution in [2.45, 2.75) is 6.92 Å². The summed E-state index contributed by atoms with van der Waals surface area (Å²) < 4.78 is 0. The average molecular weight is 222 g/mol.